The topological polar surface area (TPSA) is 83.0 Å². The molecular weight excluding hydrogens is 320 g/mol. The molecule has 130 valence electrons. The summed E-state index contributed by atoms with van der Waals surface area (Å²) in [5, 5.41) is 8.20. The lowest BCUT2D eigenvalue weighted by Crippen LogP contribution is -2.12. The first kappa shape index (κ1) is 16.9. The van der Waals surface area contributed by atoms with Gasteiger partial charge in [0.25, 0.3) is 0 Å². The first-order valence-electron chi connectivity index (χ1n) is 8.07. The van der Waals surface area contributed by atoms with Crippen LogP contribution in [0.15, 0.2) is 35.1 Å². The highest BCUT2D eigenvalue weighted by Crippen LogP contribution is 2.23. The Morgan fingerprint density at radius 2 is 2.12 bits per heavy atom. The monoisotopic (exact) mass is 340 g/mol. The summed E-state index contributed by atoms with van der Waals surface area (Å²) in [6.45, 7) is 7.73. The molecule has 3 rings (SSSR count). The summed E-state index contributed by atoms with van der Waals surface area (Å²) in [6.07, 6.45) is 3.22. The van der Waals surface area contributed by atoms with Crippen molar-refractivity contribution in [2.24, 2.45) is 0 Å². The van der Waals surface area contributed by atoms with E-state index in [1.54, 1.807) is 17.8 Å². The molecule has 0 fully saturated rings. The Morgan fingerprint density at radius 3 is 2.72 bits per heavy atom. The van der Waals surface area contributed by atoms with E-state index in [1.807, 2.05) is 39.0 Å². The lowest BCUT2D eigenvalue weighted by atomic mass is 10.1. The number of rotatable bonds is 5. The number of hydrogen-bond acceptors (Lipinski definition) is 6. The van der Waals surface area contributed by atoms with Crippen LogP contribution in [0.3, 0.4) is 0 Å². The third kappa shape index (κ3) is 3.31. The third-order valence-electron chi connectivity index (χ3n) is 3.97. The van der Waals surface area contributed by atoms with Crippen LogP contribution in [0.1, 0.15) is 52.8 Å². The van der Waals surface area contributed by atoms with Crippen LogP contribution in [0.4, 0.5) is 0 Å². The first-order valence-corrected chi connectivity index (χ1v) is 8.07. The van der Waals surface area contributed by atoms with E-state index in [1.165, 1.54) is 6.20 Å². The third-order valence-corrected chi connectivity index (χ3v) is 3.97. The van der Waals surface area contributed by atoms with Crippen LogP contribution in [-0.2, 0) is 11.3 Å². The van der Waals surface area contributed by atoms with Gasteiger partial charge in [-0.15, -0.1) is 0 Å². The van der Waals surface area contributed by atoms with Crippen LogP contribution in [0.2, 0.25) is 0 Å². The van der Waals surface area contributed by atoms with E-state index in [4.69, 9.17) is 9.26 Å². The Bertz CT molecular complexity index is 862. The average Bonchev–Trinajstić information content (AvgIpc) is 3.18. The Kier molecular flexibility index (Phi) is 4.65. The summed E-state index contributed by atoms with van der Waals surface area (Å²) in [6, 6.07) is 5.56. The molecule has 25 heavy (non-hydrogen) atoms. The Hall–Kier alpha value is -2.96. The molecule has 0 aliphatic heterocycles. The number of nitrogens with zero attached hydrogens (tertiary/aromatic N) is 4. The summed E-state index contributed by atoms with van der Waals surface area (Å²) in [5.41, 5.74) is 2.71. The SMILES string of the molecule is Cc1noc(C)c1COC(=O)c1cnn(-c2ccccn2)c1C(C)C. The van der Waals surface area contributed by atoms with Gasteiger partial charge in [-0.25, -0.2) is 14.5 Å². The van der Waals surface area contributed by atoms with Gasteiger partial charge in [-0.1, -0.05) is 25.1 Å². The molecule has 3 aromatic rings. The predicted octanol–water partition coefficient (Wildman–Crippen LogP) is 3.35. The minimum atomic E-state index is -0.425. The predicted molar refractivity (Wildman–Crippen MR) is 90.5 cm³/mol. The maximum absolute atomic E-state index is 12.6. The standard InChI is InChI=1S/C18H20N4O3/c1-11(2)17-14(9-20-22(17)16-7-5-6-8-19-16)18(23)24-10-15-12(3)21-25-13(15)4/h5-9,11H,10H2,1-4H3. The molecule has 7 nitrogen and oxygen atoms in total. The molecule has 0 radical (unpaired) electrons. The number of aryl methyl sites for hydroxylation is 2. The van der Waals surface area contributed by atoms with Crippen molar-refractivity contribution in [3.63, 3.8) is 0 Å². The molecular formula is C18H20N4O3. The lowest BCUT2D eigenvalue weighted by Gasteiger charge is -2.12. The summed E-state index contributed by atoms with van der Waals surface area (Å²) < 4.78 is 12.2. The van der Waals surface area contributed by atoms with Crippen molar-refractivity contribution < 1.29 is 14.1 Å². The number of hydrogen-bond donors (Lipinski definition) is 0. The van der Waals surface area contributed by atoms with Crippen molar-refractivity contribution in [1.82, 2.24) is 19.9 Å². The molecule has 0 aliphatic rings. The Balaban J connectivity index is 1.87. The highest BCUT2D eigenvalue weighted by Gasteiger charge is 2.23. The van der Waals surface area contributed by atoms with Gasteiger partial charge in [0, 0.05) is 6.20 Å². The Morgan fingerprint density at radius 1 is 1.32 bits per heavy atom. The molecule has 0 spiro atoms. The number of carbonyl (C=O) groups excluding carboxylic acids is 1. The van der Waals surface area contributed by atoms with Gasteiger partial charge in [0.2, 0.25) is 0 Å². The molecule has 7 heteroatoms. The zero-order valence-electron chi connectivity index (χ0n) is 14.7. The minimum absolute atomic E-state index is 0.0751. The van der Waals surface area contributed by atoms with Crippen LogP contribution in [0.5, 0.6) is 0 Å². The fourth-order valence-electron chi connectivity index (χ4n) is 2.66. The molecule has 0 N–H and O–H groups in total. The molecule has 0 unspecified atom stereocenters. The van der Waals surface area contributed by atoms with Crippen LogP contribution >= 0.6 is 0 Å². The van der Waals surface area contributed by atoms with Crippen molar-refractivity contribution in [2.75, 3.05) is 0 Å². The van der Waals surface area contributed by atoms with Crippen molar-refractivity contribution in [2.45, 2.75) is 40.2 Å². The summed E-state index contributed by atoms with van der Waals surface area (Å²) in [7, 11) is 0. The van der Waals surface area contributed by atoms with Crippen LogP contribution in [0, 0.1) is 13.8 Å². The Labute approximate surface area is 145 Å². The maximum Gasteiger partial charge on any atom is 0.341 e. The van der Waals surface area contributed by atoms with Gasteiger partial charge in [0.15, 0.2) is 5.82 Å². The number of pyridine rings is 1. The fraction of sp³-hybridized carbons (Fsp3) is 0.333. The molecule has 3 heterocycles. The maximum atomic E-state index is 12.6. The van der Waals surface area contributed by atoms with Gasteiger partial charge in [-0.3, -0.25) is 0 Å². The van der Waals surface area contributed by atoms with Crippen LogP contribution in [-0.4, -0.2) is 25.9 Å². The smallest absolute Gasteiger partial charge is 0.341 e. The van der Waals surface area contributed by atoms with E-state index in [0.717, 1.165) is 17.0 Å². The minimum Gasteiger partial charge on any atom is -0.457 e. The number of carbonyl (C=O) groups is 1. The summed E-state index contributed by atoms with van der Waals surface area (Å²) in [5.74, 6) is 0.964. The largest absolute Gasteiger partial charge is 0.457 e. The van der Waals surface area contributed by atoms with Gasteiger partial charge in [0.1, 0.15) is 17.9 Å². The van der Waals surface area contributed by atoms with Gasteiger partial charge in [0.05, 0.1) is 23.1 Å². The van der Waals surface area contributed by atoms with Crippen molar-refractivity contribution in [1.29, 1.82) is 0 Å². The van der Waals surface area contributed by atoms with Crippen LogP contribution in [0.25, 0.3) is 5.82 Å². The number of esters is 1. The highest BCUT2D eigenvalue weighted by atomic mass is 16.5. The van der Waals surface area contributed by atoms with Gasteiger partial charge in [-0.05, 0) is 31.9 Å². The molecule has 0 atom stereocenters. The second kappa shape index (κ2) is 6.88. The second-order valence-electron chi connectivity index (χ2n) is 6.08. The average molecular weight is 340 g/mol. The normalized spacial score (nSPS) is 11.1. The van der Waals surface area contributed by atoms with Crippen molar-refractivity contribution in [3.05, 3.63) is 58.9 Å². The molecule has 0 saturated carbocycles. The second-order valence-corrected chi connectivity index (χ2v) is 6.08. The molecule has 0 bridgehead atoms. The zero-order valence-corrected chi connectivity index (χ0v) is 14.7. The van der Waals surface area contributed by atoms with Crippen LogP contribution < -0.4 is 0 Å². The first-order chi connectivity index (χ1) is 12.0. The number of aromatic nitrogens is 4. The highest BCUT2D eigenvalue weighted by molar-refractivity contribution is 5.90. The van der Waals surface area contributed by atoms with E-state index < -0.39 is 5.97 Å². The zero-order chi connectivity index (χ0) is 18.0. The lowest BCUT2D eigenvalue weighted by molar-refractivity contribution is 0.0469. The van der Waals surface area contributed by atoms with Crippen molar-refractivity contribution in [3.8, 4) is 5.82 Å². The van der Waals surface area contributed by atoms with E-state index in [-0.39, 0.29) is 12.5 Å². The molecule has 0 aromatic carbocycles. The fourth-order valence-corrected chi connectivity index (χ4v) is 2.66. The van der Waals surface area contributed by atoms with Gasteiger partial charge in [-0.2, -0.15) is 5.10 Å². The van der Waals surface area contributed by atoms with E-state index in [9.17, 15) is 4.79 Å². The van der Waals surface area contributed by atoms with E-state index >= 15 is 0 Å². The quantitative estimate of drug-likeness (QED) is 0.662. The van der Waals surface area contributed by atoms with Crippen molar-refractivity contribution >= 4 is 5.97 Å². The molecule has 3 aromatic heterocycles. The van der Waals surface area contributed by atoms with E-state index in [2.05, 4.69) is 15.2 Å². The number of ether oxygens (including phenoxy) is 1. The molecule has 0 saturated heterocycles. The summed E-state index contributed by atoms with van der Waals surface area (Å²) >= 11 is 0. The van der Waals surface area contributed by atoms with Gasteiger partial charge >= 0.3 is 5.97 Å². The van der Waals surface area contributed by atoms with Gasteiger partial charge < -0.3 is 9.26 Å². The van der Waals surface area contributed by atoms with E-state index in [0.29, 0.717) is 17.1 Å². The summed E-state index contributed by atoms with van der Waals surface area (Å²) in [4.78, 5) is 16.9. The molecule has 0 aliphatic carbocycles. The molecule has 0 amide bonds.